The van der Waals surface area contributed by atoms with E-state index in [1.165, 1.54) is 17.1 Å². The predicted octanol–water partition coefficient (Wildman–Crippen LogP) is 4.13. The zero-order valence-electron chi connectivity index (χ0n) is 25.1. The van der Waals surface area contributed by atoms with Gasteiger partial charge >= 0.3 is 6.09 Å². The number of carbonyl (C=O) groups excluding carboxylic acids is 1. The Balaban J connectivity index is 1.06. The molecule has 2 aromatic carbocycles. The monoisotopic (exact) mass is 616 g/mol. The number of carbonyl (C=O) groups is 1. The molecular formula is C33H40N6O4S. The average molecular weight is 617 g/mol. The Morgan fingerprint density at radius 2 is 1.75 bits per heavy atom. The number of benzene rings is 2. The number of sulfone groups is 1. The largest absolute Gasteiger partial charge is 0.446 e. The molecule has 11 heteroatoms. The van der Waals surface area contributed by atoms with Gasteiger partial charge in [0.2, 0.25) is 9.84 Å². The molecule has 6 rings (SSSR count). The van der Waals surface area contributed by atoms with Crippen LogP contribution < -0.4 is 10.6 Å². The van der Waals surface area contributed by atoms with Crippen molar-refractivity contribution < 1.29 is 17.9 Å². The van der Waals surface area contributed by atoms with E-state index in [1.807, 2.05) is 30.3 Å². The van der Waals surface area contributed by atoms with Gasteiger partial charge in [-0.1, -0.05) is 30.3 Å². The van der Waals surface area contributed by atoms with Gasteiger partial charge < -0.3 is 20.3 Å². The Morgan fingerprint density at radius 1 is 1.05 bits per heavy atom. The Labute approximate surface area is 259 Å². The molecule has 0 bridgehead atoms. The van der Waals surface area contributed by atoms with Gasteiger partial charge in [-0.3, -0.25) is 4.68 Å². The molecule has 1 saturated carbocycles. The molecule has 3 aromatic rings. The number of hydrogen-bond donors (Lipinski definition) is 1. The van der Waals surface area contributed by atoms with Gasteiger partial charge in [0.05, 0.1) is 22.6 Å². The van der Waals surface area contributed by atoms with Crippen LogP contribution >= 0.6 is 0 Å². The molecule has 232 valence electrons. The molecule has 3 heterocycles. The van der Waals surface area contributed by atoms with Gasteiger partial charge in [0.1, 0.15) is 11.0 Å². The lowest BCUT2D eigenvalue weighted by Crippen LogP contribution is -2.54. The molecule has 0 spiro atoms. The van der Waals surface area contributed by atoms with E-state index < -0.39 is 21.3 Å². The number of ether oxygens (including phenoxy) is 1. The molecule has 3 atom stereocenters. The Hall–Kier alpha value is -3.88. The summed E-state index contributed by atoms with van der Waals surface area (Å²) in [6.07, 6.45) is 6.10. The van der Waals surface area contributed by atoms with Crippen molar-refractivity contribution in [3.63, 3.8) is 0 Å². The fourth-order valence-electron chi connectivity index (χ4n) is 7.78. The highest BCUT2D eigenvalue weighted by Gasteiger charge is 2.53. The summed E-state index contributed by atoms with van der Waals surface area (Å²) in [5.41, 5.74) is 6.74. The Kier molecular flexibility index (Phi) is 8.40. The number of piperidine rings is 1. The van der Waals surface area contributed by atoms with Crippen LogP contribution in [0.15, 0.2) is 76.8 Å². The molecule has 2 aliphatic heterocycles. The van der Waals surface area contributed by atoms with E-state index in [4.69, 9.17) is 10.5 Å². The topological polar surface area (TPSA) is 135 Å². The van der Waals surface area contributed by atoms with Crippen LogP contribution in [-0.2, 0) is 27.0 Å². The van der Waals surface area contributed by atoms with Crippen molar-refractivity contribution in [2.75, 3.05) is 37.6 Å². The maximum absolute atomic E-state index is 12.9. The lowest BCUT2D eigenvalue weighted by molar-refractivity contribution is 0.0337. The molecule has 44 heavy (non-hydrogen) atoms. The van der Waals surface area contributed by atoms with Crippen LogP contribution in [-0.4, -0.2) is 68.0 Å². The standard InChI is InChI=1S/C33H40N6O4S/c1-37-22-29(18-36-37)44(41,42)28-12-10-27(11-13-28)39-20-24(21-39)19-38-16-14-26(15-17-38)33(23-34,25-6-3-2-4-7-25)30-8-5-9-31(30)43-32(35)40/h2-4,6-7,10-13,18,22,24,26,30-31H,5,8-9,14-17,19-21H2,1H3,(H2,35,40). The first-order chi connectivity index (χ1) is 21.2. The lowest BCUT2D eigenvalue weighted by Gasteiger charge is -2.47. The highest BCUT2D eigenvalue weighted by Crippen LogP contribution is 2.51. The van der Waals surface area contributed by atoms with E-state index in [0.29, 0.717) is 5.92 Å². The number of likely N-dealkylation sites (tertiary alicyclic amines) is 1. The smallest absolute Gasteiger partial charge is 0.404 e. The zero-order chi connectivity index (χ0) is 30.9. The molecule has 2 saturated heterocycles. The summed E-state index contributed by atoms with van der Waals surface area (Å²) in [4.78, 5) is 17.0. The van der Waals surface area contributed by atoms with Crippen LogP contribution in [0.3, 0.4) is 0 Å². The highest BCUT2D eigenvalue weighted by atomic mass is 32.2. The van der Waals surface area contributed by atoms with Crippen LogP contribution in [0.1, 0.15) is 37.7 Å². The first kappa shape index (κ1) is 30.2. The van der Waals surface area contributed by atoms with Gasteiger partial charge in [-0.15, -0.1) is 0 Å². The van der Waals surface area contributed by atoms with Crippen molar-refractivity contribution in [1.82, 2.24) is 14.7 Å². The lowest BCUT2D eigenvalue weighted by atomic mass is 9.59. The molecule has 3 aliphatic rings. The number of rotatable bonds is 9. The van der Waals surface area contributed by atoms with Crippen molar-refractivity contribution in [3.8, 4) is 6.07 Å². The summed E-state index contributed by atoms with van der Waals surface area (Å²) in [6, 6.07) is 20.0. The number of hydrogen-bond acceptors (Lipinski definition) is 8. The molecule has 3 unspecified atom stereocenters. The molecule has 1 aliphatic carbocycles. The first-order valence-electron chi connectivity index (χ1n) is 15.4. The summed E-state index contributed by atoms with van der Waals surface area (Å²) >= 11 is 0. The summed E-state index contributed by atoms with van der Waals surface area (Å²) in [5, 5.41) is 14.8. The molecular weight excluding hydrogens is 576 g/mol. The quantitative estimate of drug-likeness (QED) is 0.379. The Morgan fingerprint density at radius 3 is 2.36 bits per heavy atom. The molecule has 3 fully saturated rings. The van der Waals surface area contributed by atoms with Crippen molar-refractivity contribution >= 4 is 21.6 Å². The van der Waals surface area contributed by atoms with Gasteiger partial charge in [0, 0.05) is 50.4 Å². The van der Waals surface area contributed by atoms with Gasteiger partial charge in [-0.2, -0.15) is 10.4 Å². The summed E-state index contributed by atoms with van der Waals surface area (Å²) < 4.78 is 32.8. The number of nitrogens with zero attached hydrogens (tertiary/aromatic N) is 5. The van der Waals surface area contributed by atoms with E-state index in [9.17, 15) is 18.5 Å². The Bertz CT molecular complexity index is 1610. The van der Waals surface area contributed by atoms with Crippen LogP contribution in [0.4, 0.5) is 10.5 Å². The summed E-state index contributed by atoms with van der Waals surface area (Å²) in [7, 11) is -1.89. The van der Waals surface area contributed by atoms with Crippen molar-refractivity contribution in [2.24, 2.45) is 30.5 Å². The fourth-order valence-corrected chi connectivity index (χ4v) is 9.03. The fraction of sp³-hybridized carbons (Fsp3) is 0.485. The average Bonchev–Trinajstić information content (AvgIpc) is 3.66. The van der Waals surface area contributed by atoms with Crippen LogP contribution in [0.2, 0.25) is 0 Å². The third kappa shape index (κ3) is 5.69. The first-order valence-corrected chi connectivity index (χ1v) is 16.9. The minimum absolute atomic E-state index is 0.0788. The number of aryl methyl sites for hydroxylation is 1. The zero-order valence-corrected chi connectivity index (χ0v) is 25.9. The molecule has 10 nitrogen and oxygen atoms in total. The van der Waals surface area contributed by atoms with Gasteiger partial charge in [0.15, 0.2) is 0 Å². The number of aromatic nitrogens is 2. The van der Waals surface area contributed by atoms with Crippen LogP contribution in [0.5, 0.6) is 0 Å². The van der Waals surface area contributed by atoms with E-state index in [2.05, 4.69) is 33.1 Å². The number of nitrogens with two attached hydrogens (primary N) is 1. The van der Waals surface area contributed by atoms with Gasteiger partial charge in [-0.05, 0) is 80.9 Å². The van der Waals surface area contributed by atoms with E-state index >= 15 is 0 Å². The van der Waals surface area contributed by atoms with E-state index in [-0.39, 0.29) is 27.7 Å². The molecule has 2 N–H and O–H groups in total. The van der Waals surface area contributed by atoms with Crippen molar-refractivity contribution in [2.45, 2.75) is 53.4 Å². The molecule has 1 aromatic heterocycles. The normalized spacial score (nSPS) is 23.0. The summed E-state index contributed by atoms with van der Waals surface area (Å²) in [5.74, 6) is 0.612. The predicted molar refractivity (Wildman–Crippen MR) is 165 cm³/mol. The van der Waals surface area contributed by atoms with Gasteiger partial charge in [-0.25, -0.2) is 13.2 Å². The maximum Gasteiger partial charge on any atom is 0.404 e. The molecule has 0 radical (unpaired) electrons. The second-order valence-electron chi connectivity index (χ2n) is 12.6. The van der Waals surface area contributed by atoms with Crippen LogP contribution in [0.25, 0.3) is 0 Å². The van der Waals surface area contributed by atoms with E-state index in [1.54, 1.807) is 19.2 Å². The second-order valence-corrected chi connectivity index (χ2v) is 14.5. The number of nitriles is 1. The summed E-state index contributed by atoms with van der Waals surface area (Å²) in [6.45, 7) is 4.70. The van der Waals surface area contributed by atoms with E-state index in [0.717, 1.165) is 76.1 Å². The minimum Gasteiger partial charge on any atom is -0.446 e. The van der Waals surface area contributed by atoms with Crippen molar-refractivity contribution in [3.05, 3.63) is 72.6 Å². The van der Waals surface area contributed by atoms with Crippen LogP contribution in [0, 0.1) is 29.1 Å². The maximum atomic E-state index is 12.9. The SMILES string of the molecule is Cn1cc(S(=O)(=O)c2ccc(N3CC(CN4CCC(C(C#N)(c5ccccc5)C5CCCC5OC(N)=O)CC4)C3)cc2)cn1. The number of anilines is 1. The molecule has 1 amide bonds. The highest BCUT2D eigenvalue weighted by molar-refractivity contribution is 7.91. The minimum atomic E-state index is -3.58. The van der Waals surface area contributed by atoms with Crippen molar-refractivity contribution in [1.29, 1.82) is 5.26 Å². The second kappa shape index (κ2) is 12.3. The third-order valence-electron chi connectivity index (χ3n) is 9.95. The third-order valence-corrected chi connectivity index (χ3v) is 11.7. The number of primary amides is 1. The van der Waals surface area contributed by atoms with Gasteiger partial charge in [0.25, 0.3) is 0 Å². The number of amides is 1.